The maximum Gasteiger partial charge on any atom is 0.317 e. The third kappa shape index (κ3) is 5.48. The standard InChI is InChI=1S/C27H25F2N3O4/c1-16-6-4-5-7-20(16)21-8-9-22(25(29)23(21)15-35-3)27-30-26(31-36-27)18-10-17(11-19(28)12-18)13-32(2)14-24(33)34/h4-12H,13-15H2,1-3H3,(H,33,34). The van der Waals surface area contributed by atoms with E-state index in [4.69, 9.17) is 14.4 Å². The molecule has 0 fully saturated rings. The topological polar surface area (TPSA) is 88.7 Å². The number of aromatic nitrogens is 2. The number of aryl methyl sites for hydroxylation is 1. The molecule has 7 nitrogen and oxygen atoms in total. The van der Waals surface area contributed by atoms with Crippen molar-refractivity contribution >= 4 is 5.97 Å². The van der Waals surface area contributed by atoms with Gasteiger partial charge in [-0.25, -0.2) is 8.78 Å². The highest BCUT2D eigenvalue weighted by molar-refractivity contribution is 5.74. The maximum atomic E-state index is 15.7. The molecule has 0 aliphatic carbocycles. The Morgan fingerprint density at radius 2 is 1.83 bits per heavy atom. The molecule has 1 heterocycles. The van der Waals surface area contributed by atoms with Crippen molar-refractivity contribution in [1.82, 2.24) is 15.0 Å². The van der Waals surface area contributed by atoms with E-state index in [0.717, 1.165) is 11.1 Å². The minimum atomic E-state index is -0.986. The van der Waals surface area contributed by atoms with E-state index >= 15 is 4.39 Å². The van der Waals surface area contributed by atoms with Crippen LogP contribution < -0.4 is 0 Å². The largest absolute Gasteiger partial charge is 0.480 e. The van der Waals surface area contributed by atoms with Gasteiger partial charge in [-0.15, -0.1) is 0 Å². The molecule has 4 aromatic rings. The quantitative estimate of drug-likeness (QED) is 0.338. The Morgan fingerprint density at radius 3 is 2.56 bits per heavy atom. The summed E-state index contributed by atoms with van der Waals surface area (Å²) in [5, 5.41) is 12.9. The lowest BCUT2D eigenvalue weighted by atomic mass is 9.94. The van der Waals surface area contributed by atoms with Gasteiger partial charge in [0.15, 0.2) is 0 Å². The number of likely N-dealkylation sites (N-methyl/N-ethyl adjacent to an activating group) is 1. The van der Waals surface area contributed by atoms with E-state index < -0.39 is 17.6 Å². The van der Waals surface area contributed by atoms with Gasteiger partial charge in [0, 0.05) is 24.8 Å². The van der Waals surface area contributed by atoms with E-state index in [1.54, 1.807) is 25.2 Å². The molecular formula is C27H25F2N3O4. The summed E-state index contributed by atoms with van der Waals surface area (Å²) in [6.07, 6.45) is 0. The van der Waals surface area contributed by atoms with Gasteiger partial charge in [0.1, 0.15) is 11.6 Å². The molecule has 0 saturated carbocycles. The highest BCUT2D eigenvalue weighted by atomic mass is 19.1. The van der Waals surface area contributed by atoms with Gasteiger partial charge in [-0.2, -0.15) is 4.98 Å². The zero-order valence-corrected chi connectivity index (χ0v) is 20.1. The van der Waals surface area contributed by atoms with Crippen LogP contribution in [-0.4, -0.2) is 46.8 Å². The molecule has 9 heteroatoms. The number of carbonyl (C=O) groups is 1. The number of halogens is 2. The molecule has 0 saturated heterocycles. The number of aliphatic carboxylic acids is 1. The summed E-state index contributed by atoms with van der Waals surface area (Å²) in [5.41, 5.74) is 3.93. The first-order chi connectivity index (χ1) is 17.3. The minimum Gasteiger partial charge on any atom is -0.480 e. The van der Waals surface area contributed by atoms with Crippen LogP contribution in [0.3, 0.4) is 0 Å². The minimum absolute atomic E-state index is 0.0431. The van der Waals surface area contributed by atoms with Crippen LogP contribution in [0.15, 0.2) is 59.1 Å². The fourth-order valence-corrected chi connectivity index (χ4v) is 4.12. The molecule has 0 atom stereocenters. The fourth-order valence-electron chi connectivity index (χ4n) is 4.12. The molecule has 0 spiro atoms. The first-order valence-electron chi connectivity index (χ1n) is 11.2. The van der Waals surface area contributed by atoms with Crippen LogP contribution in [0.2, 0.25) is 0 Å². The summed E-state index contributed by atoms with van der Waals surface area (Å²) in [7, 11) is 3.11. The second-order valence-electron chi connectivity index (χ2n) is 8.54. The zero-order chi connectivity index (χ0) is 25.8. The van der Waals surface area contributed by atoms with Crippen molar-refractivity contribution in [3.8, 4) is 34.0 Å². The van der Waals surface area contributed by atoms with E-state index in [0.29, 0.717) is 22.3 Å². The van der Waals surface area contributed by atoms with Crippen molar-refractivity contribution < 1.29 is 27.9 Å². The van der Waals surface area contributed by atoms with Crippen molar-refractivity contribution in [1.29, 1.82) is 0 Å². The van der Waals surface area contributed by atoms with Gasteiger partial charge in [0.25, 0.3) is 5.89 Å². The van der Waals surface area contributed by atoms with Gasteiger partial charge in [-0.3, -0.25) is 9.69 Å². The Balaban J connectivity index is 1.69. The van der Waals surface area contributed by atoms with Crippen molar-refractivity contribution in [2.75, 3.05) is 20.7 Å². The number of carboxylic acid groups (broad SMARTS) is 1. The molecule has 0 amide bonds. The molecule has 0 radical (unpaired) electrons. The van der Waals surface area contributed by atoms with E-state index in [2.05, 4.69) is 10.1 Å². The molecule has 0 aliphatic heterocycles. The van der Waals surface area contributed by atoms with Crippen LogP contribution in [0.4, 0.5) is 8.78 Å². The van der Waals surface area contributed by atoms with Crippen molar-refractivity contribution in [3.63, 3.8) is 0 Å². The molecule has 186 valence electrons. The normalized spacial score (nSPS) is 11.3. The van der Waals surface area contributed by atoms with Gasteiger partial charge >= 0.3 is 5.97 Å². The Hall–Kier alpha value is -3.95. The molecular weight excluding hydrogens is 468 g/mol. The van der Waals surface area contributed by atoms with Gasteiger partial charge in [0.2, 0.25) is 5.82 Å². The average molecular weight is 494 g/mol. The molecule has 36 heavy (non-hydrogen) atoms. The molecule has 0 unspecified atom stereocenters. The van der Waals surface area contributed by atoms with Crippen molar-refractivity contribution in [2.24, 2.45) is 0 Å². The van der Waals surface area contributed by atoms with Crippen molar-refractivity contribution in [3.05, 3.63) is 82.9 Å². The van der Waals surface area contributed by atoms with Gasteiger partial charge in [-0.05, 0) is 60.5 Å². The Bertz CT molecular complexity index is 1400. The second kappa shape index (κ2) is 10.8. The first-order valence-corrected chi connectivity index (χ1v) is 11.2. The molecule has 3 aromatic carbocycles. The van der Waals surface area contributed by atoms with Gasteiger partial charge in [0.05, 0.1) is 18.7 Å². The zero-order valence-electron chi connectivity index (χ0n) is 20.1. The molecule has 1 aromatic heterocycles. The Labute approximate surface area is 207 Å². The fraction of sp³-hybridized carbons (Fsp3) is 0.222. The lowest BCUT2D eigenvalue weighted by molar-refractivity contribution is -0.138. The molecule has 4 rings (SSSR count). The lowest BCUT2D eigenvalue weighted by Gasteiger charge is -2.14. The third-order valence-corrected chi connectivity index (χ3v) is 5.70. The Kier molecular flexibility index (Phi) is 7.52. The Morgan fingerprint density at radius 1 is 1.08 bits per heavy atom. The first kappa shape index (κ1) is 25.2. The number of rotatable bonds is 9. The summed E-state index contributed by atoms with van der Waals surface area (Å²) >= 11 is 0. The molecule has 1 N–H and O–H groups in total. The summed E-state index contributed by atoms with van der Waals surface area (Å²) in [5.74, 6) is -2.02. The molecule has 0 bridgehead atoms. The van der Waals surface area contributed by atoms with E-state index in [9.17, 15) is 9.18 Å². The highest BCUT2D eigenvalue weighted by Gasteiger charge is 2.21. The van der Waals surface area contributed by atoms with Crippen LogP contribution in [0.1, 0.15) is 16.7 Å². The predicted molar refractivity (Wildman–Crippen MR) is 130 cm³/mol. The second-order valence-corrected chi connectivity index (χ2v) is 8.54. The summed E-state index contributed by atoms with van der Waals surface area (Å²) in [6.45, 7) is 2.01. The third-order valence-electron chi connectivity index (χ3n) is 5.70. The van der Waals surface area contributed by atoms with E-state index in [-0.39, 0.29) is 37.0 Å². The maximum absolute atomic E-state index is 15.7. The van der Waals surface area contributed by atoms with Gasteiger partial charge < -0.3 is 14.4 Å². The number of hydrogen-bond acceptors (Lipinski definition) is 6. The van der Waals surface area contributed by atoms with Crippen LogP contribution in [0, 0.1) is 18.6 Å². The smallest absolute Gasteiger partial charge is 0.317 e. The number of carboxylic acids is 1. The number of hydrogen-bond donors (Lipinski definition) is 1. The van der Waals surface area contributed by atoms with Gasteiger partial charge in [-0.1, -0.05) is 35.5 Å². The van der Waals surface area contributed by atoms with Crippen LogP contribution in [-0.2, 0) is 22.7 Å². The lowest BCUT2D eigenvalue weighted by Crippen LogP contribution is -2.25. The number of nitrogens with zero attached hydrogens (tertiary/aromatic N) is 3. The van der Waals surface area contributed by atoms with Crippen molar-refractivity contribution in [2.45, 2.75) is 20.1 Å². The van der Waals surface area contributed by atoms with Crippen LogP contribution in [0.25, 0.3) is 34.0 Å². The van der Waals surface area contributed by atoms with Crippen LogP contribution >= 0.6 is 0 Å². The number of benzene rings is 3. The van der Waals surface area contributed by atoms with Crippen LogP contribution in [0.5, 0.6) is 0 Å². The summed E-state index contributed by atoms with van der Waals surface area (Å²) in [6, 6.07) is 15.2. The number of ether oxygens (including phenoxy) is 1. The summed E-state index contributed by atoms with van der Waals surface area (Å²) < 4.78 is 40.6. The number of methoxy groups -OCH3 is 1. The highest BCUT2D eigenvalue weighted by Crippen LogP contribution is 2.34. The summed E-state index contributed by atoms with van der Waals surface area (Å²) in [4.78, 5) is 16.8. The van der Waals surface area contributed by atoms with E-state index in [1.165, 1.54) is 24.1 Å². The monoisotopic (exact) mass is 493 g/mol. The predicted octanol–water partition coefficient (Wildman–Crippen LogP) is 5.32. The van der Waals surface area contributed by atoms with E-state index in [1.807, 2.05) is 31.2 Å². The molecule has 0 aliphatic rings. The average Bonchev–Trinajstić information content (AvgIpc) is 3.30. The SMILES string of the molecule is COCc1c(-c2ccccc2C)ccc(-c2nc(-c3cc(F)cc(CN(C)CC(=O)O)c3)no2)c1F.